The molecule has 0 radical (unpaired) electrons. The summed E-state index contributed by atoms with van der Waals surface area (Å²) in [5, 5.41) is 0. The lowest BCUT2D eigenvalue weighted by Crippen LogP contribution is -2.37. The third kappa shape index (κ3) is 45.1. The van der Waals surface area contributed by atoms with E-state index in [0.717, 1.165) is 77.0 Å². The molecule has 0 aromatic heterocycles. The minimum Gasteiger partial charge on any atom is -0.756 e. The predicted octanol–water partition coefficient (Wildman–Crippen LogP) is 13.0. The van der Waals surface area contributed by atoms with Gasteiger partial charge in [0.2, 0.25) is 0 Å². The molecule has 0 bridgehead atoms. The van der Waals surface area contributed by atoms with Crippen molar-refractivity contribution in [2.45, 2.75) is 193 Å². The molecule has 0 aliphatic carbocycles. The molecule has 0 rings (SSSR count). The summed E-state index contributed by atoms with van der Waals surface area (Å²) >= 11 is 0. The van der Waals surface area contributed by atoms with Gasteiger partial charge in [0, 0.05) is 12.8 Å². The highest BCUT2D eigenvalue weighted by atomic mass is 31.2. The maximum absolute atomic E-state index is 12.7. The molecule has 0 saturated heterocycles. The van der Waals surface area contributed by atoms with Crippen LogP contribution in [0.25, 0.3) is 0 Å². The van der Waals surface area contributed by atoms with E-state index in [0.29, 0.717) is 17.4 Å². The standard InChI is InChI=1S/C49H88NO8P/c1-6-8-10-12-14-16-17-18-19-20-21-22-23-24-25-26-27-28-29-30-31-32-33-34-36-38-40-42-49(52)58-47(46-57-59(53,54)56-44-43-50(3,4)5)45-55-48(51)41-39-37-35-15-13-11-9-7-2/h8,10,14,16,18-19,21-22,24-25,47H,6-7,9,11-13,15,17,20,23,26-46H2,1-5H3/b10-8-,16-14-,19-18-,22-21-,25-24-. The first-order chi connectivity index (χ1) is 28.5. The van der Waals surface area contributed by atoms with Crippen molar-refractivity contribution in [3.05, 3.63) is 60.8 Å². The minimum absolute atomic E-state index is 0.0324. The Morgan fingerprint density at radius 1 is 0.542 bits per heavy atom. The second-order valence-electron chi connectivity index (χ2n) is 16.7. The lowest BCUT2D eigenvalue weighted by Gasteiger charge is -2.28. The topological polar surface area (TPSA) is 111 Å². The average molecular weight is 850 g/mol. The fourth-order valence-corrected chi connectivity index (χ4v) is 6.88. The number of phosphoric ester groups is 1. The van der Waals surface area contributed by atoms with Crippen molar-refractivity contribution in [3.63, 3.8) is 0 Å². The summed E-state index contributed by atoms with van der Waals surface area (Å²) in [6.07, 6.45) is 49.8. The first-order valence-corrected chi connectivity index (χ1v) is 25.0. The number of hydrogen-bond donors (Lipinski definition) is 0. The molecule has 0 aromatic carbocycles. The van der Waals surface area contributed by atoms with Crippen molar-refractivity contribution in [3.8, 4) is 0 Å². The lowest BCUT2D eigenvalue weighted by molar-refractivity contribution is -0.870. The van der Waals surface area contributed by atoms with Crippen LogP contribution in [-0.2, 0) is 32.7 Å². The Hall–Kier alpha value is -2.29. The third-order valence-corrected chi connectivity index (χ3v) is 10.8. The Kier molecular flexibility index (Phi) is 39.5. The Morgan fingerprint density at radius 2 is 0.966 bits per heavy atom. The zero-order chi connectivity index (χ0) is 43.6. The normalized spacial score (nSPS) is 14.1. The van der Waals surface area contributed by atoms with Gasteiger partial charge in [-0.25, -0.2) is 0 Å². The maximum atomic E-state index is 12.7. The maximum Gasteiger partial charge on any atom is 0.306 e. The number of hydrogen-bond acceptors (Lipinski definition) is 8. The number of unbranched alkanes of at least 4 members (excludes halogenated alkanes) is 18. The highest BCUT2D eigenvalue weighted by Gasteiger charge is 2.21. The Bertz CT molecular complexity index is 1190. The van der Waals surface area contributed by atoms with Crippen LogP contribution in [0.2, 0.25) is 0 Å². The number of ether oxygens (including phenoxy) is 2. The second-order valence-corrected chi connectivity index (χ2v) is 18.2. The van der Waals surface area contributed by atoms with Crippen molar-refractivity contribution in [2.24, 2.45) is 0 Å². The third-order valence-electron chi connectivity index (χ3n) is 9.80. The molecule has 0 fully saturated rings. The zero-order valence-electron chi connectivity index (χ0n) is 38.4. The summed E-state index contributed by atoms with van der Waals surface area (Å²) in [4.78, 5) is 37.4. The number of likely N-dealkylation sites (N-methyl/N-ethyl adjacent to an activating group) is 1. The van der Waals surface area contributed by atoms with E-state index in [9.17, 15) is 19.0 Å². The predicted molar refractivity (Wildman–Crippen MR) is 245 cm³/mol. The molecule has 0 aliphatic rings. The molecular formula is C49H88NO8P. The number of rotatable bonds is 42. The molecule has 0 N–H and O–H groups in total. The number of nitrogens with zero attached hydrogens (tertiary/aromatic N) is 1. The molecule has 342 valence electrons. The number of phosphoric acid groups is 1. The molecule has 0 aromatic rings. The molecule has 2 unspecified atom stereocenters. The van der Waals surface area contributed by atoms with E-state index in [1.807, 2.05) is 21.1 Å². The molecule has 0 amide bonds. The minimum atomic E-state index is -4.62. The quantitative estimate of drug-likeness (QED) is 0.0196. The SMILES string of the molecule is CC/C=C\C/C=C\C/C=C\C/C=C\C/C=C\CCCCCCCCCCCCCC(=O)OC(COC(=O)CCCCCCCCCC)COP(=O)([O-])OCC[N+](C)(C)C. The fourth-order valence-electron chi connectivity index (χ4n) is 6.15. The largest absolute Gasteiger partial charge is 0.756 e. The van der Waals surface area contributed by atoms with Crippen LogP contribution < -0.4 is 4.89 Å². The number of quaternary nitrogens is 1. The Labute approximate surface area is 362 Å². The molecular weight excluding hydrogens is 762 g/mol. The molecule has 59 heavy (non-hydrogen) atoms. The van der Waals surface area contributed by atoms with Crippen LogP contribution in [-0.4, -0.2) is 70.0 Å². The highest BCUT2D eigenvalue weighted by Crippen LogP contribution is 2.38. The van der Waals surface area contributed by atoms with Crippen LogP contribution in [0.1, 0.15) is 187 Å². The van der Waals surface area contributed by atoms with Crippen molar-refractivity contribution < 1.29 is 42.1 Å². The molecule has 0 saturated carbocycles. The molecule has 0 spiro atoms. The van der Waals surface area contributed by atoms with E-state index in [-0.39, 0.29) is 26.1 Å². The van der Waals surface area contributed by atoms with Gasteiger partial charge >= 0.3 is 11.9 Å². The van der Waals surface area contributed by atoms with Crippen LogP contribution in [0.3, 0.4) is 0 Å². The van der Waals surface area contributed by atoms with Crippen molar-refractivity contribution in [1.82, 2.24) is 0 Å². The van der Waals surface area contributed by atoms with Gasteiger partial charge in [0.05, 0.1) is 27.7 Å². The first-order valence-electron chi connectivity index (χ1n) is 23.5. The monoisotopic (exact) mass is 850 g/mol. The van der Waals surface area contributed by atoms with Gasteiger partial charge < -0.3 is 27.9 Å². The molecule has 9 nitrogen and oxygen atoms in total. The summed E-state index contributed by atoms with van der Waals surface area (Å²) in [5.74, 6) is -0.843. The highest BCUT2D eigenvalue weighted by molar-refractivity contribution is 7.45. The Balaban J connectivity index is 4.14. The average Bonchev–Trinajstić information content (AvgIpc) is 3.19. The van der Waals surface area contributed by atoms with E-state index in [2.05, 4.69) is 74.6 Å². The second kappa shape index (κ2) is 41.1. The van der Waals surface area contributed by atoms with Gasteiger partial charge in [-0.2, -0.15) is 0 Å². The van der Waals surface area contributed by atoms with Gasteiger partial charge in [-0.3, -0.25) is 14.2 Å². The summed E-state index contributed by atoms with van der Waals surface area (Å²) in [6, 6.07) is 0. The van der Waals surface area contributed by atoms with E-state index >= 15 is 0 Å². The fraction of sp³-hybridized carbons (Fsp3) is 0.755. The van der Waals surface area contributed by atoms with Crippen LogP contribution >= 0.6 is 7.82 Å². The number of carbonyl (C=O) groups is 2. The Morgan fingerprint density at radius 3 is 1.44 bits per heavy atom. The van der Waals surface area contributed by atoms with Gasteiger partial charge in [-0.05, 0) is 57.8 Å². The smallest absolute Gasteiger partial charge is 0.306 e. The summed E-state index contributed by atoms with van der Waals surface area (Å²) in [5.41, 5.74) is 0. The van der Waals surface area contributed by atoms with Crippen LogP contribution in [0, 0.1) is 0 Å². The van der Waals surface area contributed by atoms with Gasteiger partial charge in [-0.1, -0.05) is 177 Å². The lowest BCUT2D eigenvalue weighted by atomic mass is 10.0. The van der Waals surface area contributed by atoms with Crippen molar-refractivity contribution in [2.75, 3.05) is 47.5 Å². The summed E-state index contributed by atoms with van der Waals surface area (Å²) in [6.45, 7) is 4.07. The van der Waals surface area contributed by atoms with Crippen molar-refractivity contribution >= 4 is 19.8 Å². The van der Waals surface area contributed by atoms with E-state index in [1.54, 1.807) is 0 Å². The summed E-state index contributed by atoms with van der Waals surface area (Å²) in [7, 11) is 1.16. The number of allylic oxidation sites excluding steroid dienone is 10. The number of esters is 2. The van der Waals surface area contributed by atoms with E-state index < -0.39 is 32.5 Å². The van der Waals surface area contributed by atoms with Crippen molar-refractivity contribution in [1.29, 1.82) is 0 Å². The van der Waals surface area contributed by atoms with Gasteiger partial charge in [-0.15, -0.1) is 0 Å². The first kappa shape index (κ1) is 56.7. The van der Waals surface area contributed by atoms with Crippen LogP contribution in [0.15, 0.2) is 60.8 Å². The molecule has 10 heteroatoms. The van der Waals surface area contributed by atoms with E-state index in [1.165, 1.54) is 77.0 Å². The van der Waals surface area contributed by atoms with Crippen LogP contribution in [0.4, 0.5) is 0 Å². The van der Waals surface area contributed by atoms with Crippen LogP contribution in [0.5, 0.6) is 0 Å². The van der Waals surface area contributed by atoms with Gasteiger partial charge in [0.1, 0.15) is 19.8 Å². The summed E-state index contributed by atoms with van der Waals surface area (Å²) < 4.78 is 33.8. The van der Waals surface area contributed by atoms with Gasteiger partial charge in [0.15, 0.2) is 6.10 Å². The van der Waals surface area contributed by atoms with E-state index in [4.69, 9.17) is 18.5 Å². The molecule has 0 heterocycles. The zero-order valence-corrected chi connectivity index (χ0v) is 39.3. The van der Waals surface area contributed by atoms with Gasteiger partial charge in [0.25, 0.3) is 7.82 Å². The number of carbonyl (C=O) groups excluding carboxylic acids is 2. The molecule has 2 atom stereocenters. The molecule has 0 aliphatic heterocycles.